The number of hydrogen-bond donors (Lipinski definition) is 0. The summed E-state index contributed by atoms with van der Waals surface area (Å²) in [6.45, 7) is 0. The summed E-state index contributed by atoms with van der Waals surface area (Å²) >= 11 is 0. The van der Waals surface area contributed by atoms with Crippen LogP contribution < -0.4 is 0 Å². The zero-order valence-corrected chi connectivity index (χ0v) is 29.9. The molecule has 9 rings (SSSR count). The van der Waals surface area contributed by atoms with Gasteiger partial charge in [0.15, 0.2) is 0 Å². The molecule has 45 heavy (non-hydrogen) atoms. The Hall–Kier alpha value is -2.37. The van der Waals surface area contributed by atoms with Crippen LogP contribution in [0.5, 0.6) is 0 Å². The van der Waals surface area contributed by atoms with Crippen LogP contribution in [0.1, 0.15) is 92.8 Å². The smallest absolute Gasteiger partial charge is 0.135 e. The van der Waals surface area contributed by atoms with E-state index in [0.29, 0.717) is 22.6 Å². The van der Waals surface area contributed by atoms with Crippen molar-refractivity contribution in [1.29, 1.82) is 0 Å². The molecule has 1 aliphatic carbocycles. The minimum Gasteiger partial charge on any atom is -0.187 e. The molecule has 0 fully saturated rings. The van der Waals surface area contributed by atoms with E-state index in [-0.39, 0.29) is 16.5 Å². The van der Waals surface area contributed by atoms with E-state index in [9.17, 15) is 0 Å². The van der Waals surface area contributed by atoms with Crippen LogP contribution in [0.25, 0.3) is 0 Å². The van der Waals surface area contributed by atoms with Gasteiger partial charge >= 0.3 is 0 Å². The molecular weight excluding hydrogens is 629 g/mol. The minimum atomic E-state index is -0.555. The monoisotopic (exact) mass is 674 g/mol. The molecule has 0 saturated heterocycles. The Balaban J connectivity index is 0.000000127. The van der Waals surface area contributed by atoms with Gasteiger partial charge in [-0.3, -0.25) is 0 Å². The Labute approximate surface area is 283 Å². The molecule has 5 heteroatoms. The van der Waals surface area contributed by atoms with Gasteiger partial charge in [0, 0.05) is 89.2 Å². The fourth-order valence-corrected chi connectivity index (χ4v) is 15.7. The molecule has 0 unspecified atom stereocenters. The third-order valence-corrected chi connectivity index (χ3v) is 16.9. The molecule has 0 aromatic heterocycles. The van der Waals surface area contributed by atoms with Crippen molar-refractivity contribution in [3.63, 3.8) is 0 Å². The summed E-state index contributed by atoms with van der Waals surface area (Å²) in [5, 5.41) is 0. The van der Waals surface area contributed by atoms with Crippen LogP contribution in [0.4, 0.5) is 0 Å². The van der Waals surface area contributed by atoms with E-state index in [0.717, 1.165) is 0 Å². The molecule has 5 aliphatic rings. The average molecular weight is 675 g/mol. The van der Waals surface area contributed by atoms with E-state index in [1.807, 2.05) is 0 Å². The number of rotatable bonds is 2. The van der Waals surface area contributed by atoms with Gasteiger partial charge in [0.2, 0.25) is 0 Å². The molecular formula is C40H46N2NiP2+2. The first-order valence-corrected chi connectivity index (χ1v) is 19.5. The van der Waals surface area contributed by atoms with Gasteiger partial charge in [-0.05, 0) is 25.7 Å². The summed E-state index contributed by atoms with van der Waals surface area (Å²) in [6.07, 6.45) is 14.0. The number of allylic oxidation sites excluding steroid dienone is 4. The molecule has 0 radical (unpaired) electrons. The molecule has 0 spiro atoms. The van der Waals surface area contributed by atoms with E-state index in [1.165, 1.54) is 25.7 Å². The van der Waals surface area contributed by atoms with E-state index in [2.05, 4.69) is 159 Å². The van der Waals surface area contributed by atoms with E-state index >= 15 is 0 Å². The van der Waals surface area contributed by atoms with Gasteiger partial charge in [-0.15, -0.1) is 0 Å². The molecule has 0 atom stereocenters. The maximum absolute atomic E-state index is 2.50. The number of hydrogen-bond acceptors (Lipinski definition) is 2. The zero-order chi connectivity index (χ0) is 30.2. The third-order valence-electron chi connectivity index (χ3n) is 10.0. The standard InChI is InChI=1S/2C16H16NP.C8H12.Ni/c2*1-17(2)18-15-11-7-3-4-8-12(11)16(18)14-10-6-5-9-13(14)15;1-2-4-6-8-7-5-3-1;/h2*3-10,15-16H,1-2H3;1-2,7-8H,3-6H2;/p+2/b;;2-1-,8-7-;. The Morgan fingerprint density at radius 3 is 0.711 bits per heavy atom. The van der Waals surface area contributed by atoms with Gasteiger partial charge in [-0.2, -0.15) is 9.34 Å². The van der Waals surface area contributed by atoms with Gasteiger partial charge in [-0.25, -0.2) is 0 Å². The van der Waals surface area contributed by atoms with Crippen LogP contribution in [0.3, 0.4) is 0 Å². The van der Waals surface area contributed by atoms with Crippen molar-refractivity contribution >= 4 is 16.1 Å². The van der Waals surface area contributed by atoms with Crippen LogP contribution >= 0.6 is 16.1 Å². The first-order chi connectivity index (χ1) is 21.6. The molecule has 4 bridgehead atoms. The quantitative estimate of drug-likeness (QED) is 0.119. The van der Waals surface area contributed by atoms with E-state index in [4.69, 9.17) is 0 Å². The molecule has 0 N–H and O–H groups in total. The first kappa shape index (κ1) is 32.6. The predicted molar refractivity (Wildman–Crippen MR) is 194 cm³/mol. The molecule has 4 aromatic rings. The molecule has 4 heterocycles. The van der Waals surface area contributed by atoms with Crippen LogP contribution in [-0.2, 0) is 16.5 Å². The molecule has 4 aliphatic heterocycles. The Kier molecular flexibility index (Phi) is 10.3. The summed E-state index contributed by atoms with van der Waals surface area (Å²) in [7, 11) is 7.91. The second-order valence-corrected chi connectivity index (χ2v) is 18.8. The summed E-state index contributed by atoms with van der Waals surface area (Å²) in [6, 6.07) is 36.2. The van der Waals surface area contributed by atoms with E-state index in [1.54, 1.807) is 44.5 Å². The van der Waals surface area contributed by atoms with Crippen LogP contribution in [0, 0.1) is 0 Å². The normalized spacial score (nSPS) is 26.9. The number of benzene rings is 4. The predicted octanol–water partition coefficient (Wildman–Crippen LogP) is 10.4. The maximum atomic E-state index is 2.50. The Morgan fingerprint density at radius 2 is 0.556 bits per heavy atom. The Morgan fingerprint density at radius 1 is 0.378 bits per heavy atom. The van der Waals surface area contributed by atoms with Crippen LogP contribution in [-0.4, -0.2) is 37.5 Å². The summed E-state index contributed by atoms with van der Waals surface area (Å²) in [4.78, 5) is 0. The fourth-order valence-electron chi connectivity index (χ4n) is 8.31. The SMILES string of the molecule is C1=C\CC/C=C\CC/1.CN(C)[PH+]1C2c3ccccc3C1c1ccccc12.CN(C)[PH+]1C2c3ccccc3C1c1ccccc12.[Ni]. The Bertz CT molecular complexity index is 1360. The van der Waals surface area contributed by atoms with Gasteiger partial charge in [-0.1, -0.05) is 121 Å². The summed E-state index contributed by atoms with van der Waals surface area (Å²) in [5.41, 5.74) is 15.4. The van der Waals surface area contributed by atoms with Crippen molar-refractivity contribution < 1.29 is 16.5 Å². The topological polar surface area (TPSA) is 6.48 Å². The second-order valence-electron chi connectivity index (χ2n) is 13.0. The van der Waals surface area contributed by atoms with E-state index < -0.39 is 16.1 Å². The fraction of sp³-hybridized carbons (Fsp3) is 0.300. The van der Waals surface area contributed by atoms with Crippen molar-refractivity contribution in [1.82, 2.24) is 9.34 Å². The maximum Gasteiger partial charge on any atom is 0.135 e. The summed E-state index contributed by atoms with van der Waals surface area (Å²) < 4.78 is 5.00. The van der Waals surface area contributed by atoms with Crippen molar-refractivity contribution in [2.45, 2.75) is 48.3 Å². The average Bonchev–Trinajstić information content (AvgIpc) is 3.76. The van der Waals surface area contributed by atoms with Crippen molar-refractivity contribution in [3.8, 4) is 0 Å². The molecule has 0 saturated carbocycles. The third kappa shape index (κ3) is 5.86. The second kappa shape index (κ2) is 14.2. The van der Waals surface area contributed by atoms with Gasteiger partial charge < -0.3 is 0 Å². The molecule has 4 aromatic carbocycles. The van der Waals surface area contributed by atoms with Gasteiger partial charge in [0.05, 0.1) is 16.1 Å². The van der Waals surface area contributed by atoms with Crippen LogP contribution in [0.2, 0.25) is 0 Å². The van der Waals surface area contributed by atoms with Crippen molar-refractivity contribution in [3.05, 3.63) is 166 Å². The molecule has 0 amide bonds. The minimum absolute atomic E-state index is 0. The van der Waals surface area contributed by atoms with Crippen molar-refractivity contribution in [2.24, 2.45) is 0 Å². The number of fused-ring (bicyclic) bond motifs is 16. The zero-order valence-electron chi connectivity index (χ0n) is 26.9. The first-order valence-electron chi connectivity index (χ1n) is 16.3. The van der Waals surface area contributed by atoms with Gasteiger partial charge in [0.1, 0.15) is 22.6 Å². The summed E-state index contributed by atoms with van der Waals surface area (Å²) in [5.74, 6) is 0. The van der Waals surface area contributed by atoms with Gasteiger partial charge in [0.25, 0.3) is 0 Å². The van der Waals surface area contributed by atoms with Crippen LogP contribution in [0.15, 0.2) is 121 Å². The number of nitrogens with zero attached hydrogens (tertiary/aromatic N) is 2. The molecule has 2 nitrogen and oxygen atoms in total. The van der Waals surface area contributed by atoms with Crippen molar-refractivity contribution in [2.75, 3.05) is 28.2 Å². The largest absolute Gasteiger partial charge is 0.187 e. The molecule has 234 valence electrons.